The number of carbonyl (C=O) groups is 1. The zero-order chi connectivity index (χ0) is 17.3. The van der Waals surface area contributed by atoms with Gasteiger partial charge in [-0.1, -0.05) is 18.2 Å². The van der Waals surface area contributed by atoms with E-state index in [4.69, 9.17) is 10.00 Å². The summed E-state index contributed by atoms with van der Waals surface area (Å²) in [7, 11) is 0. The normalized spacial score (nSPS) is 25.8. The van der Waals surface area contributed by atoms with Crippen LogP contribution in [0.5, 0.6) is 0 Å². The van der Waals surface area contributed by atoms with Gasteiger partial charge in [0.05, 0.1) is 25.3 Å². The van der Waals surface area contributed by atoms with E-state index in [-0.39, 0.29) is 17.4 Å². The van der Waals surface area contributed by atoms with Gasteiger partial charge in [0.1, 0.15) is 0 Å². The Hall–Kier alpha value is -1.90. The molecule has 1 aromatic carbocycles. The molecular formula is C20H25N3O2. The number of rotatable bonds is 3. The fourth-order valence-electron chi connectivity index (χ4n) is 4.65. The Kier molecular flexibility index (Phi) is 4.49. The van der Waals surface area contributed by atoms with Crippen molar-refractivity contribution in [2.45, 2.75) is 43.6 Å². The van der Waals surface area contributed by atoms with Gasteiger partial charge in [-0.25, -0.2) is 0 Å². The summed E-state index contributed by atoms with van der Waals surface area (Å²) in [5.74, 6) is 0.225. The zero-order valence-corrected chi connectivity index (χ0v) is 14.6. The number of nitriles is 1. The highest BCUT2D eigenvalue weighted by Crippen LogP contribution is 2.47. The van der Waals surface area contributed by atoms with Crippen LogP contribution in [-0.4, -0.2) is 49.7 Å². The molecule has 2 fully saturated rings. The molecule has 1 atom stereocenters. The molecule has 0 radical (unpaired) electrons. The molecule has 5 heteroatoms. The lowest BCUT2D eigenvalue weighted by molar-refractivity contribution is -0.121. The average molecular weight is 339 g/mol. The van der Waals surface area contributed by atoms with Crippen molar-refractivity contribution < 1.29 is 9.53 Å². The van der Waals surface area contributed by atoms with E-state index in [0.29, 0.717) is 19.5 Å². The number of benzene rings is 1. The van der Waals surface area contributed by atoms with Crippen molar-refractivity contribution in [2.24, 2.45) is 0 Å². The van der Waals surface area contributed by atoms with Crippen LogP contribution >= 0.6 is 0 Å². The highest BCUT2D eigenvalue weighted by atomic mass is 16.5. The summed E-state index contributed by atoms with van der Waals surface area (Å²) in [6.45, 7) is 3.75. The second-order valence-corrected chi connectivity index (χ2v) is 7.55. The Balaban J connectivity index is 1.61. The number of ether oxygens (including phenoxy) is 1. The largest absolute Gasteiger partial charge is 0.376 e. The lowest BCUT2D eigenvalue weighted by Crippen LogP contribution is -2.51. The van der Waals surface area contributed by atoms with Crippen LogP contribution in [0.3, 0.4) is 0 Å². The number of anilines is 1. The van der Waals surface area contributed by atoms with Crippen LogP contribution < -0.4 is 4.90 Å². The number of para-hydroxylation sites is 1. The fraction of sp³-hybridized carbons (Fsp3) is 0.600. The van der Waals surface area contributed by atoms with E-state index in [1.54, 1.807) is 0 Å². The van der Waals surface area contributed by atoms with Gasteiger partial charge in [0.2, 0.25) is 5.91 Å². The third kappa shape index (κ3) is 3.05. The Morgan fingerprint density at radius 3 is 2.80 bits per heavy atom. The maximum Gasteiger partial charge on any atom is 0.227 e. The van der Waals surface area contributed by atoms with E-state index in [9.17, 15) is 4.79 Å². The predicted octanol–water partition coefficient (Wildman–Crippen LogP) is 2.46. The SMILES string of the molecule is N#CCN1CCC2(CC1)CC(=O)N(CC1CCCO1)c1ccccc12. The van der Waals surface area contributed by atoms with Crippen molar-refractivity contribution >= 4 is 11.6 Å². The third-order valence-corrected chi connectivity index (χ3v) is 6.07. The van der Waals surface area contributed by atoms with Gasteiger partial charge in [0.15, 0.2) is 0 Å². The van der Waals surface area contributed by atoms with E-state index in [1.807, 2.05) is 11.0 Å². The molecule has 2 saturated heterocycles. The molecule has 0 aliphatic carbocycles. The number of hydrogen-bond acceptors (Lipinski definition) is 4. The lowest BCUT2D eigenvalue weighted by Gasteiger charge is -2.47. The van der Waals surface area contributed by atoms with E-state index in [2.05, 4.69) is 29.2 Å². The summed E-state index contributed by atoms with van der Waals surface area (Å²) in [5, 5.41) is 8.93. The maximum atomic E-state index is 13.0. The van der Waals surface area contributed by atoms with Crippen molar-refractivity contribution in [3.05, 3.63) is 29.8 Å². The topological polar surface area (TPSA) is 56.6 Å². The Morgan fingerprint density at radius 2 is 2.08 bits per heavy atom. The monoisotopic (exact) mass is 339 g/mol. The molecular weight excluding hydrogens is 314 g/mol. The van der Waals surface area contributed by atoms with Crippen molar-refractivity contribution in [3.8, 4) is 6.07 Å². The summed E-state index contributed by atoms with van der Waals surface area (Å²) in [4.78, 5) is 17.2. The molecule has 3 heterocycles. The van der Waals surface area contributed by atoms with Crippen molar-refractivity contribution in [1.82, 2.24) is 4.90 Å². The van der Waals surface area contributed by atoms with Crippen LogP contribution in [0.25, 0.3) is 0 Å². The van der Waals surface area contributed by atoms with Crippen LogP contribution in [0.2, 0.25) is 0 Å². The molecule has 5 nitrogen and oxygen atoms in total. The van der Waals surface area contributed by atoms with Gasteiger partial charge in [0.25, 0.3) is 0 Å². The molecule has 1 unspecified atom stereocenters. The van der Waals surface area contributed by atoms with Gasteiger partial charge in [-0.15, -0.1) is 0 Å². The number of carbonyl (C=O) groups excluding carboxylic acids is 1. The number of amides is 1. The summed E-state index contributed by atoms with van der Waals surface area (Å²) in [6.07, 6.45) is 4.78. The van der Waals surface area contributed by atoms with Crippen LogP contribution in [0.4, 0.5) is 5.69 Å². The Labute approximate surface area is 149 Å². The van der Waals surface area contributed by atoms with Gasteiger partial charge in [-0.2, -0.15) is 5.26 Å². The minimum atomic E-state index is -0.0628. The molecule has 25 heavy (non-hydrogen) atoms. The number of piperidine rings is 1. The van der Waals surface area contributed by atoms with Gasteiger partial charge in [-0.3, -0.25) is 9.69 Å². The quantitative estimate of drug-likeness (QED) is 0.794. The summed E-state index contributed by atoms with van der Waals surface area (Å²) < 4.78 is 5.77. The summed E-state index contributed by atoms with van der Waals surface area (Å²) in [5.41, 5.74) is 2.32. The first-order chi connectivity index (χ1) is 12.2. The second-order valence-electron chi connectivity index (χ2n) is 7.55. The standard InChI is InChI=1S/C20H25N3O2/c21-9-12-22-10-7-20(8-11-22)14-19(24)23(15-16-4-3-13-25-16)18-6-2-1-5-17(18)20/h1-2,5-6,16H,3-4,7-8,10-15H2. The Morgan fingerprint density at radius 1 is 1.28 bits per heavy atom. The second kappa shape index (κ2) is 6.78. The third-order valence-electron chi connectivity index (χ3n) is 6.07. The number of nitrogens with zero attached hydrogens (tertiary/aromatic N) is 3. The molecule has 3 aliphatic rings. The molecule has 132 valence electrons. The minimum Gasteiger partial charge on any atom is -0.376 e. The molecule has 0 N–H and O–H groups in total. The highest BCUT2D eigenvalue weighted by molar-refractivity contribution is 5.98. The van der Waals surface area contributed by atoms with Gasteiger partial charge in [-0.05, 0) is 37.3 Å². The first kappa shape index (κ1) is 16.6. The zero-order valence-electron chi connectivity index (χ0n) is 14.6. The van der Waals surface area contributed by atoms with Gasteiger partial charge >= 0.3 is 0 Å². The number of fused-ring (bicyclic) bond motifs is 2. The van der Waals surface area contributed by atoms with E-state index in [1.165, 1.54) is 5.56 Å². The van der Waals surface area contributed by atoms with Crippen molar-refractivity contribution in [2.75, 3.05) is 37.7 Å². The van der Waals surface area contributed by atoms with E-state index in [0.717, 1.165) is 51.1 Å². The first-order valence-electron chi connectivity index (χ1n) is 9.33. The average Bonchev–Trinajstić information content (AvgIpc) is 3.14. The highest BCUT2D eigenvalue weighted by Gasteiger charge is 2.45. The molecule has 0 aromatic heterocycles. The van der Waals surface area contributed by atoms with Crippen LogP contribution in [-0.2, 0) is 14.9 Å². The molecule has 1 aromatic rings. The fourth-order valence-corrected chi connectivity index (χ4v) is 4.65. The lowest BCUT2D eigenvalue weighted by atomic mass is 9.67. The summed E-state index contributed by atoms with van der Waals surface area (Å²) in [6, 6.07) is 10.6. The Bertz CT molecular complexity index is 682. The van der Waals surface area contributed by atoms with Crippen LogP contribution in [0.15, 0.2) is 24.3 Å². The smallest absolute Gasteiger partial charge is 0.227 e. The summed E-state index contributed by atoms with van der Waals surface area (Å²) >= 11 is 0. The molecule has 1 amide bonds. The molecule has 3 aliphatic heterocycles. The van der Waals surface area contributed by atoms with Crippen LogP contribution in [0.1, 0.15) is 37.7 Å². The van der Waals surface area contributed by atoms with E-state index < -0.39 is 0 Å². The van der Waals surface area contributed by atoms with E-state index >= 15 is 0 Å². The molecule has 1 spiro atoms. The molecule has 0 saturated carbocycles. The first-order valence-corrected chi connectivity index (χ1v) is 9.33. The minimum absolute atomic E-state index is 0.0628. The predicted molar refractivity (Wildman–Crippen MR) is 95.4 cm³/mol. The molecule has 4 rings (SSSR count). The van der Waals surface area contributed by atoms with Gasteiger partial charge in [0, 0.05) is 37.2 Å². The molecule has 0 bridgehead atoms. The van der Waals surface area contributed by atoms with Gasteiger partial charge < -0.3 is 9.64 Å². The number of likely N-dealkylation sites (tertiary alicyclic amines) is 1. The maximum absolute atomic E-state index is 13.0. The van der Waals surface area contributed by atoms with Crippen LogP contribution in [0, 0.1) is 11.3 Å². The number of hydrogen-bond donors (Lipinski definition) is 0. The van der Waals surface area contributed by atoms with Crippen molar-refractivity contribution in [1.29, 1.82) is 5.26 Å². The van der Waals surface area contributed by atoms with Crippen molar-refractivity contribution in [3.63, 3.8) is 0 Å².